The second kappa shape index (κ2) is 7.96. The maximum atomic E-state index is 13.9. The summed E-state index contributed by atoms with van der Waals surface area (Å²) in [7, 11) is 0. The summed E-state index contributed by atoms with van der Waals surface area (Å²) >= 11 is 2.67. The van der Waals surface area contributed by atoms with E-state index in [1.807, 2.05) is 17.2 Å². The van der Waals surface area contributed by atoms with Gasteiger partial charge in [0.1, 0.15) is 5.82 Å². The monoisotopic (exact) mass is 382 g/mol. The lowest BCUT2D eigenvalue weighted by atomic mass is 10.2. The van der Waals surface area contributed by atoms with Gasteiger partial charge in [0.15, 0.2) is 0 Å². The second-order valence-electron chi connectivity index (χ2n) is 5.45. The lowest BCUT2D eigenvalue weighted by molar-refractivity contribution is -0.128. The number of carbonyl (C=O) groups is 1. The summed E-state index contributed by atoms with van der Waals surface area (Å²) in [6.45, 7) is 2.36. The highest BCUT2D eigenvalue weighted by Crippen LogP contribution is 2.22. The van der Waals surface area contributed by atoms with Crippen molar-refractivity contribution < 1.29 is 9.18 Å². The minimum absolute atomic E-state index is 0.0203. The number of aromatic nitrogens is 3. The third kappa shape index (κ3) is 4.01. The highest BCUT2D eigenvalue weighted by atomic mass is 32.2. The SMILES string of the molecule is CSc1nnc(SCC(=O)N2CCN(c3ccccc3F)CC2)n1N. The molecule has 2 aromatic rings. The summed E-state index contributed by atoms with van der Waals surface area (Å²) in [4.78, 5) is 16.1. The van der Waals surface area contributed by atoms with Crippen LogP contribution in [0.3, 0.4) is 0 Å². The lowest BCUT2D eigenvalue weighted by Gasteiger charge is -2.36. The molecule has 1 fully saturated rings. The third-order valence-corrected chi connectivity index (χ3v) is 5.54. The van der Waals surface area contributed by atoms with Gasteiger partial charge >= 0.3 is 0 Å². The maximum Gasteiger partial charge on any atom is 0.233 e. The van der Waals surface area contributed by atoms with Crippen LogP contribution in [-0.4, -0.2) is 63.9 Å². The second-order valence-corrected chi connectivity index (χ2v) is 7.16. The van der Waals surface area contributed by atoms with Crippen molar-refractivity contribution in [2.75, 3.05) is 48.9 Å². The van der Waals surface area contributed by atoms with Gasteiger partial charge in [0.05, 0.1) is 11.4 Å². The zero-order valence-corrected chi connectivity index (χ0v) is 15.4. The first-order valence-corrected chi connectivity index (χ1v) is 9.95. The number of hydrogen-bond donors (Lipinski definition) is 1. The minimum atomic E-state index is -0.232. The van der Waals surface area contributed by atoms with E-state index in [2.05, 4.69) is 10.2 Å². The molecule has 1 aliphatic rings. The molecule has 7 nitrogen and oxygen atoms in total. The maximum absolute atomic E-state index is 13.9. The molecule has 0 radical (unpaired) electrons. The number of nitrogen functional groups attached to an aromatic ring is 1. The molecular formula is C15H19FN6OS2. The van der Waals surface area contributed by atoms with Gasteiger partial charge in [0.2, 0.25) is 16.2 Å². The number of rotatable bonds is 5. The summed E-state index contributed by atoms with van der Waals surface area (Å²) in [5.74, 6) is 5.90. The summed E-state index contributed by atoms with van der Waals surface area (Å²) in [6, 6.07) is 6.71. The van der Waals surface area contributed by atoms with Crippen LogP contribution in [0.15, 0.2) is 34.6 Å². The van der Waals surface area contributed by atoms with E-state index in [-0.39, 0.29) is 17.5 Å². The number of nitrogens with zero attached hydrogens (tertiary/aromatic N) is 5. The number of benzene rings is 1. The van der Waals surface area contributed by atoms with E-state index in [0.29, 0.717) is 42.2 Å². The molecule has 1 aromatic carbocycles. The van der Waals surface area contributed by atoms with Gasteiger partial charge in [-0.2, -0.15) is 0 Å². The van der Waals surface area contributed by atoms with Crippen molar-refractivity contribution in [3.8, 4) is 0 Å². The number of halogens is 1. The van der Waals surface area contributed by atoms with Crippen molar-refractivity contribution in [2.24, 2.45) is 0 Å². The molecule has 134 valence electrons. The molecule has 0 spiro atoms. The van der Waals surface area contributed by atoms with Crippen LogP contribution in [0.4, 0.5) is 10.1 Å². The summed E-state index contributed by atoms with van der Waals surface area (Å²) < 4.78 is 15.2. The number of anilines is 1. The van der Waals surface area contributed by atoms with E-state index < -0.39 is 0 Å². The number of carbonyl (C=O) groups excluding carboxylic acids is 1. The van der Waals surface area contributed by atoms with Gasteiger partial charge in [-0.25, -0.2) is 9.07 Å². The van der Waals surface area contributed by atoms with E-state index >= 15 is 0 Å². The van der Waals surface area contributed by atoms with Gasteiger partial charge in [-0.3, -0.25) is 4.79 Å². The lowest BCUT2D eigenvalue weighted by Crippen LogP contribution is -2.49. The zero-order valence-electron chi connectivity index (χ0n) is 13.8. The van der Waals surface area contributed by atoms with Gasteiger partial charge < -0.3 is 15.6 Å². The third-order valence-electron chi connectivity index (χ3n) is 3.97. The Morgan fingerprint density at radius 3 is 2.52 bits per heavy atom. The van der Waals surface area contributed by atoms with Gasteiger partial charge in [0.25, 0.3) is 0 Å². The molecule has 1 amide bonds. The Bertz CT molecular complexity index is 747. The first-order valence-electron chi connectivity index (χ1n) is 7.74. The van der Waals surface area contributed by atoms with Crippen LogP contribution in [0.5, 0.6) is 0 Å². The molecule has 0 saturated carbocycles. The van der Waals surface area contributed by atoms with E-state index in [0.717, 1.165) is 0 Å². The molecule has 2 heterocycles. The number of nitrogens with two attached hydrogens (primary N) is 1. The van der Waals surface area contributed by atoms with Crippen LogP contribution in [0, 0.1) is 5.82 Å². The molecule has 1 saturated heterocycles. The standard InChI is InChI=1S/C15H19FN6OS2/c1-24-14-18-19-15(22(14)17)25-10-13(23)21-8-6-20(7-9-21)12-5-3-2-4-11(12)16/h2-5H,6-10,17H2,1H3. The minimum Gasteiger partial charge on any atom is -0.366 e. The smallest absolute Gasteiger partial charge is 0.233 e. The molecule has 0 aliphatic carbocycles. The largest absolute Gasteiger partial charge is 0.366 e. The van der Waals surface area contributed by atoms with Gasteiger partial charge in [0, 0.05) is 26.2 Å². The van der Waals surface area contributed by atoms with Crippen LogP contribution in [0.1, 0.15) is 0 Å². The van der Waals surface area contributed by atoms with Gasteiger partial charge in [-0.15, -0.1) is 10.2 Å². The fourth-order valence-corrected chi connectivity index (χ4v) is 3.85. The Hall–Kier alpha value is -1.94. The fourth-order valence-electron chi connectivity index (χ4n) is 2.62. The fraction of sp³-hybridized carbons (Fsp3) is 0.400. The van der Waals surface area contributed by atoms with Crippen LogP contribution in [0.2, 0.25) is 0 Å². The van der Waals surface area contributed by atoms with E-state index in [4.69, 9.17) is 5.84 Å². The summed E-state index contributed by atoms with van der Waals surface area (Å²) in [5.41, 5.74) is 0.588. The van der Waals surface area contributed by atoms with Crippen molar-refractivity contribution in [1.29, 1.82) is 0 Å². The zero-order chi connectivity index (χ0) is 17.8. The van der Waals surface area contributed by atoms with Gasteiger partial charge in [-0.1, -0.05) is 35.7 Å². The first kappa shape index (κ1) is 17.9. The number of amides is 1. The summed E-state index contributed by atoms with van der Waals surface area (Å²) in [6.07, 6.45) is 1.86. The molecule has 25 heavy (non-hydrogen) atoms. The van der Waals surface area contributed by atoms with Crippen LogP contribution in [-0.2, 0) is 4.79 Å². The van der Waals surface area contributed by atoms with Crippen LogP contribution < -0.4 is 10.7 Å². The molecular weight excluding hydrogens is 363 g/mol. The Morgan fingerprint density at radius 1 is 1.20 bits per heavy atom. The quantitative estimate of drug-likeness (QED) is 0.617. The molecule has 2 N–H and O–H groups in total. The Labute approximate surface area is 153 Å². The average Bonchev–Trinajstić information content (AvgIpc) is 3.00. The van der Waals surface area contributed by atoms with Crippen molar-refractivity contribution in [3.05, 3.63) is 30.1 Å². The first-order chi connectivity index (χ1) is 12.1. The number of thioether (sulfide) groups is 2. The van der Waals surface area contributed by atoms with Gasteiger partial charge in [-0.05, 0) is 18.4 Å². The Kier molecular flexibility index (Phi) is 5.69. The highest BCUT2D eigenvalue weighted by Gasteiger charge is 2.23. The highest BCUT2D eigenvalue weighted by molar-refractivity contribution is 8.00. The van der Waals surface area contributed by atoms with Crippen molar-refractivity contribution >= 4 is 35.1 Å². The molecule has 3 rings (SSSR count). The van der Waals surface area contributed by atoms with Crippen molar-refractivity contribution in [2.45, 2.75) is 10.3 Å². The van der Waals surface area contributed by atoms with E-state index in [9.17, 15) is 9.18 Å². The molecule has 1 aromatic heterocycles. The Balaban J connectivity index is 1.51. The predicted molar refractivity (Wildman–Crippen MR) is 97.9 cm³/mol. The Morgan fingerprint density at radius 2 is 1.88 bits per heavy atom. The van der Waals surface area contributed by atoms with Crippen LogP contribution >= 0.6 is 23.5 Å². The van der Waals surface area contributed by atoms with Crippen molar-refractivity contribution in [1.82, 2.24) is 19.8 Å². The van der Waals surface area contributed by atoms with Crippen LogP contribution in [0.25, 0.3) is 0 Å². The number of piperazine rings is 1. The van der Waals surface area contributed by atoms with E-state index in [1.165, 1.54) is 34.3 Å². The molecule has 1 aliphatic heterocycles. The summed E-state index contributed by atoms with van der Waals surface area (Å²) in [5, 5.41) is 9.04. The molecule has 10 heteroatoms. The van der Waals surface area contributed by atoms with E-state index in [1.54, 1.807) is 17.0 Å². The number of hydrogen-bond acceptors (Lipinski definition) is 7. The molecule has 0 bridgehead atoms. The molecule has 0 atom stereocenters. The average molecular weight is 382 g/mol. The topological polar surface area (TPSA) is 80.3 Å². The van der Waals surface area contributed by atoms with Crippen molar-refractivity contribution in [3.63, 3.8) is 0 Å². The predicted octanol–water partition coefficient (Wildman–Crippen LogP) is 1.29. The normalized spacial score (nSPS) is 14.8. The number of para-hydroxylation sites is 1. The molecule has 0 unspecified atom stereocenters.